The fraction of sp³-hybridized carbons (Fsp3) is 0.500. The van der Waals surface area contributed by atoms with Crippen molar-refractivity contribution in [1.29, 1.82) is 0 Å². The predicted octanol–water partition coefficient (Wildman–Crippen LogP) is 6.49. The molecule has 0 saturated carbocycles. The lowest BCUT2D eigenvalue weighted by molar-refractivity contribution is -0.164. The third-order valence-electron chi connectivity index (χ3n) is 6.67. The molecule has 2 unspecified atom stereocenters. The average Bonchev–Trinajstić information content (AvgIpc) is 2.99. The van der Waals surface area contributed by atoms with E-state index in [4.69, 9.17) is 30.8 Å². The summed E-state index contributed by atoms with van der Waals surface area (Å²) in [6.07, 6.45) is 0.570. The van der Waals surface area contributed by atoms with Gasteiger partial charge in [-0.05, 0) is 71.7 Å². The van der Waals surface area contributed by atoms with Gasteiger partial charge in [0.2, 0.25) is 0 Å². The van der Waals surface area contributed by atoms with Crippen LogP contribution in [0.4, 0.5) is 0 Å². The molecule has 6 nitrogen and oxygen atoms in total. The predicted molar refractivity (Wildman–Crippen MR) is 139 cm³/mol. The molecule has 3 atom stereocenters. The van der Waals surface area contributed by atoms with E-state index in [1.807, 2.05) is 52.0 Å². The van der Waals surface area contributed by atoms with Gasteiger partial charge in [0.05, 0.1) is 31.5 Å². The number of benzene rings is 1. The normalized spacial score (nSPS) is 19.0. The fourth-order valence-corrected chi connectivity index (χ4v) is 5.08. The molecular weight excluding hydrogens is 464 g/mol. The Kier molecular flexibility index (Phi) is 7.02. The number of aryl methyl sites for hydroxylation is 2. The van der Waals surface area contributed by atoms with E-state index in [2.05, 4.69) is 25.3 Å². The summed E-state index contributed by atoms with van der Waals surface area (Å²) in [5.41, 5.74) is 5.87. The van der Waals surface area contributed by atoms with Gasteiger partial charge < -0.3 is 18.8 Å². The monoisotopic (exact) mass is 498 g/mol. The van der Waals surface area contributed by atoms with Gasteiger partial charge in [-0.25, -0.2) is 9.78 Å². The Morgan fingerprint density at radius 2 is 1.86 bits per heavy atom. The fourth-order valence-electron chi connectivity index (χ4n) is 4.95. The first kappa shape index (κ1) is 25.7. The van der Waals surface area contributed by atoms with E-state index in [0.717, 1.165) is 57.6 Å². The van der Waals surface area contributed by atoms with E-state index < -0.39 is 17.7 Å². The van der Waals surface area contributed by atoms with E-state index in [0.29, 0.717) is 11.1 Å². The number of esters is 1. The van der Waals surface area contributed by atoms with E-state index >= 15 is 0 Å². The SMILES string of the molecule is COC(=O)[C@@H](OC(C)(C)C)c1c(C)nc2c(c(C)c(C)n2CC2CC(C)O2)c1-c1ccc(Cl)cc1. The molecule has 4 rings (SSSR count). The molecule has 3 heterocycles. The topological polar surface area (TPSA) is 62.6 Å². The molecule has 0 spiro atoms. The number of nitrogens with zero attached hydrogens (tertiary/aromatic N) is 2. The molecule has 0 aliphatic carbocycles. The second-order valence-electron chi connectivity index (χ2n) is 10.5. The Balaban J connectivity index is 2.03. The van der Waals surface area contributed by atoms with Gasteiger partial charge in [-0.15, -0.1) is 0 Å². The summed E-state index contributed by atoms with van der Waals surface area (Å²) in [6.45, 7) is 14.8. The van der Waals surface area contributed by atoms with Crippen LogP contribution in [-0.4, -0.2) is 40.4 Å². The lowest BCUT2D eigenvalue weighted by Crippen LogP contribution is -2.38. The van der Waals surface area contributed by atoms with Crippen LogP contribution in [0.1, 0.15) is 62.7 Å². The first-order chi connectivity index (χ1) is 16.4. The molecule has 7 heteroatoms. The quantitative estimate of drug-likeness (QED) is 0.363. The van der Waals surface area contributed by atoms with Crippen LogP contribution in [0.25, 0.3) is 22.2 Å². The number of hydrogen-bond donors (Lipinski definition) is 0. The van der Waals surface area contributed by atoms with Crippen LogP contribution in [0.2, 0.25) is 5.02 Å². The van der Waals surface area contributed by atoms with Crippen LogP contribution in [-0.2, 0) is 25.5 Å². The van der Waals surface area contributed by atoms with E-state index in [-0.39, 0.29) is 6.10 Å². The Morgan fingerprint density at radius 3 is 2.40 bits per heavy atom. The van der Waals surface area contributed by atoms with E-state index in [1.165, 1.54) is 7.11 Å². The van der Waals surface area contributed by atoms with Crippen molar-refractivity contribution in [2.75, 3.05) is 7.11 Å². The summed E-state index contributed by atoms with van der Waals surface area (Å²) in [5, 5.41) is 1.65. The zero-order chi connectivity index (χ0) is 25.7. The Morgan fingerprint density at radius 1 is 1.23 bits per heavy atom. The minimum atomic E-state index is -0.929. The summed E-state index contributed by atoms with van der Waals surface area (Å²) in [7, 11) is 1.39. The number of ether oxygens (including phenoxy) is 3. The van der Waals surface area contributed by atoms with Crippen molar-refractivity contribution < 1.29 is 19.0 Å². The second-order valence-corrected chi connectivity index (χ2v) is 10.9. The number of aromatic nitrogens is 2. The molecule has 0 radical (unpaired) electrons. The average molecular weight is 499 g/mol. The van der Waals surface area contributed by atoms with Crippen LogP contribution in [0.15, 0.2) is 24.3 Å². The van der Waals surface area contributed by atoms with Crippen molar-refractivity contribution in [1.82, 2.24) is 9.55 Å². The van der Waals surface area contributed by atoms with Crippen molar-refractivity contribution in [2.24, 2.45) is 0 Å². The Labute approximate surface area is 212 Å². The Hall–Kier alpha value is -2.41. The lowest BCUT2D eigenvalue weighted by Gasteiger charge is -2.34. The largest absolute Gasteiger partial charge is 0.467 e. The minimum absolute atomic E-state index is 0.173. The second kappa shape index (κ2) is 9.57. The van der Waals surface area contributed by atoms with Gasteiger partial charge in [-0.3, -0.25) is 0 Å². The van der Waals surface area contributed by atoms with Crippen LogP contribution in [0.5, 0.6) is 0 Å². The zero-order valence-corrected chi connectivity index (χ0v) is 22.6. The standard InChI is InChI=1S/C28H35ClN2O4/c1-15-13-21(34-15)14-31-18(4)16(2)22-24(19-9-11-20(29)12-10-19)23(17(3)30-26(22)31)25(27(32)33-8)35-28(5,6)7/h9-12,15,21,25H,13-14H2,1-8H3/t15?,21?,25-/m0/s1. The van der Waals surface area contributed by atoms with Gasteiger partial charge in [0.15, 0.2) is 6.10 Å². The number of fused-ring (bicyclic) bond motifs is 1. The smallest absolute Gasteiger partial charge is 0.339 e. The number of carbonyl (C=O) groups is 1. The molecule has 0 N–H and O–H groups in total. The molecule has 1 fully saturated rings. The van der Waals surface area contributed by atoms with Gasteiger partial charge >= 0.3 is 5.97 Å². The highest BCUT2D eigenvalue weighted by atomic mass is 35.5. The maximum absolute atomic E-state index is 13.1. The van der Waals surface area contributed by atoms with Crippen molar-refractivity contribution in [3.05, 3.63) is 51.8 Å². The summed E-state index contributed by atoms with van der Waals surface area (Å²) in [4.78, 5) is 18.1. The summed E-state index contributed by atoms with van der Waals surface area (Å²) < 4.78 is 19.7. The number of methoxy groups -OCH3 is 1. The minimum Gasteiger partial charge on any atom is -0.467 e. The van der Waals surface area contributed by atoms with Crippen molar-refractivity contribution >= 4 is 28.6 Å². The number of hydrogen-bond acceptors (Lipinski definition) is 5. The van der Waals surface area contributed by atoms with Crippen LogP contribution in [0.3, 0.4) is 0 Å². The molecule has 2 aromatic heterocycles. The summed E-state index contributed by atoms with van der Waals surface area (Å²) in [6, 6.07) is 7.69. The van der Waals surface area contributed by atoms with Gasteiger partial charge in [0, 0.05) is 39.3 Å². The maximum atomic E-state index is 13.1. The summed E-state index contributed by atoms with van der Waals surface area (Å²) in [5.74, 6) is -0.454. The first-order valence-electron chi connectivity index (χ1n) is 12.1. The Bertz CT molecular complexity index is 1250. The lowest BCUT2D eigenvalue weighted by atomic mass is 9.91. The number of pyridine rings is 1. The summed E-state index contributed by atoms with van der Waals surface area (Å²) >= 11 is 6.23. The van der Waals surface area contributed by atoms with Gasteiger partial charge in [-0.1, -0.05) is 23.7 Å². The molecule has 1 aromatic carbocycles. The van der Waals surface area contributed by atoms with Gasteiger partial charge in [0.25, 0.3) is 0 Å². The van der Waals surface area contributed by atoms with E-state index in [9.17, 15) is 4.79 Å². The highest BCUT2D eigenvalue weighted by Crippen LogP contribution is 2.43. The van der Waals surface area contributed by atoms with Crippen LogP contribution in [0, 0.1) is 20.8 Å². The van der Waals surface area contributed by atoms with Gasteiger partial charge in [0.1, 0.15) is 5.65 Å². The molecule has 1 aliphatic heterocycles. The third-order valence-corrected chi connectivity index (χ3v) is 6.92. The van der Waals surface area contributed by atoms with Crippen molar-refractivity contribution in [2.45, 2.75) is 85.3 Å². The maximum Gasteiger partial charge on any atom is 0.339 e. The molecular formula is C28H35ClN2O4. The third kappa shape index (κ3) is 4.97. The van der Waals surface area contributed by atoms with Crippen molar-refractivity contribution in [3.8, 4) is 11.1 Å². The number of carbonyl (C=O) groups excluding carboxylic acids is 1. The zero-order valence-electron chi connectivity index (χ0n) is 21.9. The highest BCUT2D eigenvalue weighted by molar-refractivity contribution is 6.30. The van der Waals surface area contributed by atoms with Crippen molar-refractivity contribution in [3.63, 3.8) is 0 Å². The first-order valence-corrected chi connectivity index (χ1v) is 12.5. The molecule has 188 valence electrons. The van der Waals surface area contributed by atoms with Gasteiger partial charge in [-0.2, -0.15) is 0 Å². The molecule has 3 aromatic rings. The van der Waals surface area contributed by atoms with Crippen LogP contribution < -0.4 is 0 Å². The molecule has 0 amide bonds. The molecule has 0 bridgehead atoms. The van der Waals surface area contributed by atoms with E-state index in [1.54, 1.807) is 0 Å². The molecule has 1 saturated heterocycles. The molecule has 35 heavy (non-hydrogen) atoms. The molecule has 1 aliphatic rings. The number of halogens is 1. The highest BCUT2D eigenvalue weighted by Gasteiger charge is 2.35. The number of rotatable bonds is 6. The van der Waals surface area contributed by atoms with Crippen LogP contribution >= 0.6 is 11.6 Å².